The molecule has 2 fully saturated rings. The highest BCUT2D eigenvalue weighted by atomic mass is 15.2. The molecule has 1 heteroatoms. The Kier molecular flexibility index (Phi) is 0.971. The maximum atomic E-state index is 2.58. The van der Waals surface area contributed by atoms with Crippen LogP contribution in [-0.2, 0) is 0 Å². The van der Waals surface area contributed by atoms with Crippen molar-refractivity contribution in [2.45, 2.75) is 25.3 Å². The van der Waals surface area contributed by atoms with Crippen LogP contribution >= 0.6 is 0 Å². The van der Waals surface area contributed by atoms with Gasteiger partial charge < -0.3 is 0 Å². The molecule has 0 bridgehead atoms. The van der Waals surface area contributed by atoms with Gasteiger partial charge in [-0.25, -0.2) is 0 Å². The molecular weight excluding hydrogens is 98.1 g/mol. The Labute approximate surface area is 50.7 Å². The van der Waals surface area contributed by atoms with Gasteiger partial charge in [0.05, 0.1) is 6.42 Å². The summed E-state index contributed by atoms with van der Waals surface area (Å²) < 4.78 is 0. The summed E-state index contributed by atoms with van der Waals surface area (Å²) in [6, 6.07) is 0.884. The van der Waals surface area contributed by atoms with Gasteiger partial charge in [-0.15, -0.1) is 0 Å². The monoisotopic (exact) mass is 110 g/mol. The fraction of sp³-hybridized carbons (Fsp3) is 0.857. The summed E-state index contributed by atoms with van der Waals surface area (Å²) in [7, 11) is 0. The van der Waals surface area contributed by atoms with E-state index in [1.54, 1.807) is 0 Å². The molecular formula is C7H12N+. The lowest BCUT2D eigenvalue weighted by Crippen LogP contribution is -2.21. The minimum Gasteiger partial charge on any atom is -0.259 e. The second-order valence-electron chi connectivity index (χ2n) is 2.77. The van der Waals surface area contributed by atoms with Gasteiger partial charge in [-0.05, 0) is 6.42 Å². The van der Waals surface area contributed by atoms with Crippen molar-refractivity contribution >= 4 is 0 Å². The highest BCUT2D eigenvalue weighted by Gasteiger charge is 2.35. The van der Waals surface area contributed by atoms with Crippen molar-refractivity contribution in [3.63, 3.8) is 0 Å². The quantitative estimate of drug-likeness (QED) is 0.421. The third-order valence-corrected chi connectivity index (χ3v) is 2.27. The zero-order chi connectivity index (χ0) is 5.40. The van der Waals surface area contributed by atoms with Gasteiger partial charge in [0.25, 0.3) is 0 Å². The van der Waals surface area contributed by atoms with Crippen molar-refractivity contribution in [3.05, 3.63) is 6.42 Å². The smallest absolute Gasteiger partial charge is 0.151 e. The molecule has 2 rings (SSSR count). The fourth-order valence-electron chi connectivity index (χ4n) is 1.83. The maximum absolute atomic E-state index is 2.58. The van der Waals surface area contributed by atoms with Gasteiger partial charge in [-0.1, -0.05) is 0 Å². The minimum absolute atomic E-state index is 0.884. The third kappa shape index (κ3) is 0.543. The van der Waals surface area contributed by atoms with E-state index in [4.69, 9.17) is 0 Å². The van der Waals surface area contributed by atoms with E-state index in [9.17, 15) is 0 Å². The summed E-state index contributed by atoms with van der Waals surface area (Å²) >= 11 is 0. The van der Waals surface area contributed by atoms with Gasteiger partial charge in [-0.2, -0.15) is 0 Å². The lowest BCUT2D eigenvalue weighted by Gasteiger charge is -2.05. The zero-order valence-corrected chi connectivity index (χ0v) is 5.14. The summed E-state index contributed by atoms with van der Waals surface area (Å²) in [5, 5.41) is 0. The van der Waals surface area contributed by atoms with Crippen molar-refractivity contribution in [1.82, 2.24) is 4.90 Å². The van der Waals surface area contributed by atoms with Crippen molar-refractivity contribution in [2.24, 2.45) is 0 Å². The number of hydrogen-bond acceptors (Lipinski definition) is 1. The van der Waals surface area contributed by atoms with Crippen molar-refractivity contribution in [2.75, 3.05) is 13.1 Å². The van der Waals surface area contributed by atoms with E-state index in [1.807, 2.05) is 0 Å². The van der Waals surface area contributed by atoms with E-state index in [0.717, 1.165) is 6.04 Å². The highest BCUT2D eigenvalue weighted by molar-refractivity contribution is 4.96. The van der Waals surface area contributed by atoms with E-state index in [-0.39, 0.29) is 0 Å². The predicted octanol–water partition coefficient (Wildman–Crippen LogP) is 1.06. The van der Waals surface area contributed by atoms with Gasteiger partial charge in [0.15, 0.2) is 6.04 Å². The molecule has 0 spiro atoms. The maximum Gasteiger partial charge on any atom is 0.151 e. The molecule has 2 heterocycles. The van der Waals surface area contributed by atoms with Crippen LogP contribution in [0.25, 0.3) is 0 Å². The Bertz CT molecular complexity index is 70.4. The highest BCUT2D eigenvalue weighted by Crippen LogP contribution is 2.25. The molecule has 0 saturated carbocycles. The molecule has 0 amide bonds. The number of hydrogen-bond donors (Lipinski definition) is 0. The molecule has 0 aromatic heterocycles. The first-order chi connectivity index (χ1) is 3.97. The average Bonchev–Trinajstić information content (AvgIpc) is 2.15. The molecule has 2 aliphatic rings. The van der Waals surface area contributed by atoms with E-state index >= 15 is 0 Å². The molecule has 0 radical (unpaired) electrons. The van der Waals surface area contributed by atoms with Crippen LogP contribution in [0, 0.1) is 6.42 Å². The summed E-state index contributed by atoms with van der Waals surface area (Å²) in [6.07, 6.45) is 6.67. The van der Waals surface area contributed by atoms with E-state index in [2.05, 4.69) is 11.3 Å². The summed E-state index contributed by atoms with van der Waals surface area (Å²) in [5.41, 5.74) is 0. The predicted molar refractivity (Wildman–Crippen MR) is 33.5 cm³/mol. The van der Waals surface area contributed by atoms with Crippen LogP contribution < -0.4 is 0 Å². The van der Waals surface area contributed by atoms with Crippen molar-refractivity contribution in [1.29, 1.82) is 0 Å². The fourth-order valence-corrected chi connectivity index (χ4v) is 1.83. The van der Waals surface area contributed by atoms with Crippen LogP contribution in [0.1, 0.15) is 19.3 Å². The lowest BCUT2D eigenvalue weighted by atomic mass is 10.2. The Morgan fingerprint density at radius 1 is 1.38 bits per heavy atom. The molecule has 44 valence electrons. The SMILES string of the molecule is [CH+]1CCN2CCCC12. The minimum atomic E-state index is 0.884. The van der Waals surface area contributed by atoms with Crippen LogP contribution in [0.15, 0.2) is 0 Å². The number of rotatable bonds is 0. The normalized spacial score (nSPS) is 37.2. The van der Waals surface area contributed by atoms with E-state index in [0.29, 0.717) is 0 Å². The average molecular weight is 110 g/mol. The second kappa shape index (κ2) is 1.66. The van der Waals surface area contributed by atoms with Crippen LogP contribution in [0.4, 0.5) is 0 Å². The first kappa shape index (κ1) is 4.68. The Balaban J connectivity index is 2.04. The molecule has 1 nitrogen and oxygen atoms in total. The van der Waals surface area contributed by atoms with Crippen LogP contribution in [-0.4, -0.2) is 24.0 Å². The Hall–Kier alpha value is -0.170. The molecule has 2 saturated heterocycles. The molecule has 0 aromatic rings. The van der Waals surface area contributed by atoms with Crippen LogP contribution in [0.5, 0.6) is 0 Å². The van der Waals surface area contributed by atoms with Crippen LogP contribution in [0.3, 0.4) is 0 Å². The van der Waals surface area contributed by atoms with E-state index in [1.165, 1.54) is 32.4 Å². The summed E-state index contributed by atoms with van der Waals surface area (Å²) in [4.78, 5) is 2.58. The Morgan fingerprint density at radius 3 is 3.25 bits per heavy atom. The molecule has 2 aliphatic heterocycles. The molecule has 0 aromatic carbocycles. The van der Waals surface area contributed by atoms with Crippen molar-refractivity contribution < 1.29 is 0 Å². The zero-order valence-electron chi connectivity index (χ0n) is 5.14. The first-order valence-electron chi connectivity index (χ1n) is 3.54. The van der Waals surface area contributed by atoms with Crippen LogP contribution in [0.2, 0.25) is 0 Å². The third-order valence-electron chi connectivity index (χ3n) is 2.27. The van der Waals surface area contributed by atoms with E-state index < -0.39 is 0 Å². The van der Waals surface area contributed by atoms with Gasteiger partial charge in [0, 0.05) is 19.5 Å². The largest absolute Gasteiger partial charge is 0.259 e. The molecule has 1 atom stereocenters. The number of fused-ring (bicyclic) bond motifs is 1. The van der Waals surface area contributed by atoms with Crippen molar-refractivity contribution in [3.8, 4) is 0 Å². The lowest BCUT2D eigenvalue weighted by molar-refractivity contribution is 0.337. The van der Waals surface area contributed by atoms with Gasteiger partial charge in [-0.3, -0.25) is 4.90 Å². The topological polar surface area (TPSA) is 3.24 Å². The number of nitrogens with zero attached hydrogens (tertiary/aromatic N) is 1. The molecule has 1 unspecified atom stereocenters. The summed E-state index contributed by atoms with van der Waals surface area (Å²) in [5.74, 6) is 0. The Morgan fingerprint density at radius 2 is 2.38 bits per heavy atom. The van der Waals surface area contributed by atoms with Gasteiger partial charge in [0.2, 0.25) is 0 Å². The molecule has 0 N–H and O–H groups in total. The standard InChI is InChI=1S/C7H12N/c1-3-7-4-2-6-8(7)5-1/h3,7H,1-2,4-6H2/q+1. The first-order valence-corrected chi connectivity index (χ1v) is 3.54. The molecule has 0 aliphatic carbocycles. The van der Waals surface area contributed by atoms with Gasteiger partial charge >= 0.3 is 0 Å². The molecule has 8 heavy (non-hydrogen) atoms. The van der Waals surface area contributed by atoms with Gasteiger partial charge in [0.1, 0.15) is 6.42 Å². The summed E-state index contributed by atoms with van der Waals surface area (Å²) in [6.45, 7) is 2.70. The second-order valence-corrected chi connectivity index (χ2v) is 2.77.